The standard InChI is InChI=1S/C14H18N4OS/c1-9-10(2)20-13(16-9)8-18-14(19)6-12(7-15-18)17-11-4-3-5-11/h6-7,11,17H,3-5,8H2,1-2H3. The number of anilines is 1. The van der Waals surface area contributed by atoms with Gasteiger partial charge in [-0.3, -0.25) is 4.79 Å². The lowest BCUT2D eigenvalue weighted by atomic mass is 9.93. The number of thiazole rings is 1. The monoisotopic (exact) mass is 290 g/mol. The quantitative estimate of drug-likeness (QED) is 0.939. The van der Waals surface area contributed by atoms with Crippen LogP contribution in [0.1, 0.15) is 34.8 Å². The van der Waals surface area contributed by atoms with E-state index in [1.165, 1.54) is 28.8 Å². The summed E-state index contributed by atoms with van der Waals surface area (Å²) in [4.78, 5) is 17.7. The van der Waals surface area contributed by atoms with Crippen LogP contribution in [-0.2, 0) is 6.54 Å². The first kappa shape index (κ1) is 13.3. The second-order valence-corrected chi connectivity index (χ2v) is 6.55. The molecule has 2 aromatic heterocycles. The zero-order valence-corrected chi connectivity index (χ0v) is 12.5. The number of nitrogens with zero attached hydrogens (tertiary/aromatic N) is 3. The summed E-state index contributed by atoms with van der Waals surface area (Å²) in [5.74, 6) is 0. The summed E-state index contributed by atoms with van der Waals surface area (Å²) in [7, 11) is 0. The zero-order valence-electron chi connectivity index (χ0n) is 11.7. The molecule has 1 fully saturated rings. The van der Waals surface area contributed by atoms with Crippen LogP contribution in [0.4, 0.5) is 5.69 Å². The fourth-order valence-electron chi connectivity index (χ4n) is 2.15. The van der Waals surface area contributed by atoms with Crippen molar-refractivity contribution in [3.05, 3.63) is 38.2 Å². The van der Waals surface area contributed by atoms with E-state index in [0.29, 0.717) is 12.6 Å². The zero-order chi connectivity index (χ0) is 14.1. The molecule has 0 atom stereocenters. The van der Waals surface area contributed by atoms with Crippen molar-refractivity contribution in [3.63, 3.8) is 0 Å². The molecule has 1 saturated carbocycles. The molecule has 0 radical (unpaired) electrons. The summed E-state index contributed by atoms with van der Waals surface area (Å²) in [5.41, 5.74) is 1.77. The van der Waals surface area contributed by atoms with Gasteiger partial charge in [-0.15, -0.1) is 11.3 Å². The molecule has 20 heavy (non-hydrogen) atoms. The van der Waals surface area contributed by atoms with E-state index in [1.54, 1.807) is 23.6 Å². The van der Waals surface area contributed by atoms with Gasteiger partial charge in [-0.25, -0.2) is 9.67 Å². The summed E-state index contributed by atoms with van der Waals surface area (Å²) >= 11 is 1.62. The van der Waals surface area contributed by atoms with Gasteiger partial charge in [-0.2, -0.15) is 5.10 Å². The highest BCUT2D eigenvalue weighted by Gasteiger charge is 2.17. The minimum absolute atomic E-state index is 0.0835. The van der Waals surface area contributed by atoms with Crippen LogP contribution in [0.2, 0.25) is 0 Å². The smallest absolute Gasteiger partial charge is 0.269 e. The second kappa shape index (κ2) is 5.36. The first-order chi connectivity index (χ1) is 9.61. The van der Waals surface area contributed by atoms with Gasteiger partial charge >= 0.3 is 0 Å². The molecule has 0 spiro atoms. The van der Waals surface area contributed by atoms with E-state index in [9.17, 15) is 4.79 Å². The Hall–Kier alpha value is -1.69. The highest BCUT2D eigenvalue weighted by Crippen LogP contribution is 2.22. The Morgan fingerprint density at radius 3 is 2.80 bits per heavy atom. The molecular weight excluding hydrogens is 272 g/mol. The third-order valence-electron chi connectivity index (χ3n) is 3.70. The van der Waals surface area contributed by atoms with Crippen LogP contribution in [0.25, 0.3) is 0 Å². The van der Waals surface area contributed by atoms with Gasteiger partial charge in [0.1, 0.15) is 5.01 Å². The molecular formula is C14H18N4OS. The van der Waals surface area contributed by atoms with Crippen LogP contribution < -0.4 is 10.9 Å². The Morgan fingerprint density at radius 2 is 2.25 bits per heavy atom. The number of hydrogen-bond donors (Lipinski definition) is 1. The lowest BCUT2D eigenvalue weighted by Crippen LogP contribution is -2.29. The highest BCUT2D eigenvalue weighted by atomic mass is 32.1. The molecule has 1 aliphatic rings. The van der Waals surface area contributed by atoms with E-state index in [2.05, 4.69) is 15.4 Å². The Kier molecular flexibility index (Phi) is 3.56. The summed E-state index contributed by atoms with van der Waals surface area (Å²) in [6.45, 7) is 4.47. The van der Waals surface area contributed by atoms with Crippen molar-refractivity contribution in [3.8, 4) is 0 Å². The van der Waals surface area contributed by atoms with Crippen LogP contribution in [0.15, 0.2) is 17.1 Å². The summed E-state index contributed by atoms with van der Waals surface area (Å²) in [6, 6.07) is 2.13. The number of nitrogens with one attached hydrogen (secondary N) is 1. The van der Waals surface area contributed by atoms with Gasteiger partial charge in [-0.05, 0) is 33.1 Å². The lowest BCUT2D eigenvalue weighted by Gasteiger charge is -2.27. The SMILES string of the molecule is Cc1nc(Cn2ncc(NC3CCC3)cc2=O)sc1C. The van der Waals surface area contributed by atoms with E-state index in [0.717, 1.165) is 16.4 Å². The number of rotatable bonds is 4. The molecule has 1 N–H and O–H groups in total. The average Bonchev–Trinajstić information content (AvgIpc) is 2.67. The molecule has 5 nitrogen and oxygen atoms in total. The molecule has 2 heterocycles. The molecule has 0 aliphatic heterocycles. The van der Waals surface area contributed by atoms with Crippen molar-refractivity contribution in [2.45, 2.75) is 45.7 Å². The fraction of sp³-hybridized carbons (Fsp3) is 0.500. The Labute approximate surface area is 121 Å². The van der Waals surface area contributed by atoms with Crippen molar-refractivity contribution in [2.75, 3.05) is 5.32 Å². The summed E-state index contributed by atoms with van der Waals surface area (Å²) < 4.78 is 1.46. The number of aromatic nitrogens is 3. The van der Waals surface area contributed by atoms with E-state index in [4.69, 9.17) is 0 Å². The van der Waals surface area contributed by atoms with Crippen molar-refractivity contribution in [2.24, 2.45) is 0 Å². The predicted molar refractivity (Wildman–Crippen MR) is 80.4 cm³/mol. The van der Waals surface area contributed by atoms with E-state index >= 15 is 0 Å². The molecule has 1 aliphatic carbocycles. The van der Waals surface area contributed by atoms with Crippen LogP contribution in [0, 0.1) is 13.8 Å². The minimum atomic E-state index is -0.0835. The van der Waals surface area contributed by atoms with Crippen LogP contribution in [-0.4, -0.2) is 20.8 Å². The Balaban J connectivity index is 1.74. The maximum Gasteiger partial charge on any atom is 0.269 e. The topological polar surface area (TPSA) is 59.8 Å². The molecule has 2 aromatic rings. The van der Waals surface area contributed by atoms with Crippen molar-refractivity contribution in [1.29, 1.82) is 0 Å². The molecule has 0 saturated heterocycles. The van der Waals surface area contributed by atoms with Crippen LogP contribution >= 0.6 is 11.3 Å². The first-order valence-corrected chi connectivity index (χ1v) is 7.70. The van der Waals surface area contributed by atoms with E-state index < -0.39 is 0 Å². The van der Waals surface area contributed by atoms with Crippen molar-refractivity contribution >= 4 is 17.0 Å². The van der Waals surface area contributed by atoms with Gasteiger partial charge in [0, 0.05) is 17.0 Å². The fourth-order valence-corrected chi connectivity index (χ4v) is 3.07. The number of hydrogen-bond acceptors (Lipinski definition) is 5. The number of aryl methyl sites for hydroxylation is 2. The predicted octanol–water partition coefficient (Wildman–Crippen LogP) is 2.33. The molecule has 106 valence electrons. The second-order valence-electron chi connectivity index (χ2n) is 5.26. The van der Waals surface area contributed by atoms with Gasteiger partial charge in [0.25, 0.3) is 5.56 Å². The largest absolute Gasteiger partial charge is 0.381 e. The van der Waals surface area contributed by atoms with E-state index in [1.807, 2.05) is 13.8 Å². The Bertz CT molecular complexity index is 653. The maximum absolute atomic E-state index is 12.1. The minimum Gasteiger partial charge on any atom is -0.381 e. The molecule has 6 heteroatoms. The average molecular weight is 290 g/mol. The van der Waals surface area contributed by atoms with Crippen LogP contribution in [0.5, 0.6) is 0 Å². The molecule has 0 aromatic carbocycles. The van der Waals surface area contributed by atoms with Gasteiger partial charge in [0.05, 0.1) is 24.1 Å². The van der Waals surface area contributed by atoms with Crippen molar-refractivity contribution < 1.29 is 0 Å². The molecule has 0 bridgehead atoms. The molecule has 0 unspecified atom stereocenters. The first-order valence-electron chi connectivity index (χ1n) is 6.88. The Morgan fingerprint density at radius 1 is 1.45 bits per heavy atom. The van der Waals surface area contributed by atoms with Crippen LogP contribution in [0.3, 0.4) is 0 Å². The third-order valence-corrected chi connectivity index (χ3v) is 4.76. The van der Waals surface area contributed by atoms with E-state index in [-0.39, 0.29) is 5.56 Å². The van der Waals surface area contributed by atoms with Crippen molar-refractivity contribution in [1.82, 2.24) is 14.8 Å². The molecule has 3 rings (SSSR count). The van der Waals surface area contributed by atoms with Gasteiger partial charge in [0.15, 0.2) is 0 Å². The summed E-state index contributed by atoms with van der Waals surface area (Å²) in [6.07, 6.45) is 5.36. The molecule has 0 amide bonds. The lowest BCUT2D eigenvalue weighted by molar-refractivity contribution is 0.445. The van der Waals surface area contributed by atoms with Gasteiger partial charge in [-0.1, -0.05) is 0 Å². The maximum atomic E-state index is 12.1. The third kappa shape index (κ3) is 2.75. The summed E-state index contributed by atoms with van der Waals surface area (Å²) in [5, 5.41) is 8.49. The van der Waals surface area contributed by atoms with Gasteiger partial charge in [0.2, 0.25) is 0 Å². The van der Waals surface area contributed by atoms with Gasteiger partial charge < -0.3 is 5.32 Å². The highest BCUT2D eigenvalue weighted by molar-refractivity contribution is 7.11. The normalized spacial score (nSPS) is 15.1.